The van der Waals surface area contributed by atoms with Crippen molar-refractivity contribution >= 4 is 11.7 Å². The molecule has 1 aliphatic rings. The van der Waals surface area contributed by atoms with Crippen molar-refractivity contribution < 1.29 is 9.18 Å². The van der Waals surface area contributed by atoms with E-state index in [1.54, 1.807) is 6.07 Å². The van der Waals surface area contributed by atoms with Gasteiger partial charge in [-0.05, 0) is 31.0 Å². The molecule has 0 aromatic heterocycles. The van der Waals surface area contributed by atoms with Crippen molar-refractivity contribution in [3.63, 3.8) is 0 Å². The molecule has 0 saturated heterocycles. The highest BCUT2D eigenvalue weighted by Gasteiger charge is 2.23. The van der Waals surface area contributed by atoms with E-state index in [9.17, 15) is 9.18 Å². The summed E-state index contributed by atoms with van der Waals surface area (Å²) in [5, 5.41) is 5.42. The van der Waals surface area contributed by atoms with Gasteiger partial charge in [0.15, 0.2) is 0 Å². The Hall–Kier alpha value is -1.62. The lowest BCUT2D eigenvalue weighted by molar-refractivity contribution is 0.251. The summed E-state index contributed by atoms with van der Waals surface area (Å²) in [5.41, 5.74) is 6.32. The number of nitrogens with one attached hydrogen (secondary N) is 2. The first-order chi connectivity index (χ1) is 7.69. The van der Waals surface area contributed by atoms with Crippen LogP contribution < -0.4 is 16.4 Å². The van der Waals surface area contributed by atoms with E-state index < -0.39 is 0 Å². The number of rotatable bonds is 3. The van der Waals surface area contributed by atoms with Gasteiger partial charge in [0, 0.05) is 23.8 Å². The second-order valence-electron chi connectivity index (χ2n) is 3.88. The minimum absolute atomic E-state index is 0.117. The normalized spacial score (nSPS) is 14.6. The molecule has 0 radical (unpaired) electrons. The number of carbonyl (C=O) groups excluding carboxylic acids is 1. The molecule has 0 unspecified atom stereocenters. The van der Waals surface area contributed by atoms with Gasteiger partial charge in [-0.1, -0.05) is 0 Å². The summed E-state index contributed by atoms with van der Waals surface area (Å²) in [5.74, 6) is -0.351. The van der Waals surface area contributed by atoms with Crippen LogP contribution in [0.4, 0.5) is 14.9 Å². The van der Waals surface area contributed by atoms with Crippen molar-refractivity contribution in [2.45, 2.75) is 25.4 Å². The summed E-state index contributed by atoms with van der Waals surface area (Å²) in [7, 11) is 0. The average Bonchev–Trinajstić information content (AvgIpc) is 3.04. The molecule has 5 heteroatoms. The van der Waals surface area contributed by atoms with Crippen LogP contribution in [-0.2, 0) is 6.54 Å². The van der Waals surface area contributed by atoms with Crippen LogP contribution in [0.2, 0.25) is 0 Å². The van der Waals surface area contributed by atoms with E-state index >= 15 is 0 Å². The van der Waals surface area contributed by atoms with Gasteiger partial charge >= 0.3 is 6.03 Å². The Labute approximate surface area is 93.0 Å². The molecule has 1 saturated carbocycles. The standard InChI is InChI=1S/C11H14FN3O/c12-10-4-3-9(5-7(10)6-13)15-11(16)14-8-1-2-8/h3-5,8H,1-2,6,13H2,(H2,14,15,16). The summed E-state index contributed by atoms with van der Waals surface area (Å²) in [6.07, 6.45) is 2.07. The van der Waals surface area contributed by atoms with Gasteiger partial charge in [0.25, 0.3) is 0 Å². The Morgan fingerprint density at radius 3 is 2.88 bits per heavy atom. The first-order valence-electron chi connectivity index (χ1n) is 5.25. The lowest BCUT2D eigenvalue weighted by Gasteiger charge is -2.08. The van der Waals surface area contributed by atoms with E-state index in [4.69, 9.17) is 5.73 Å². The largest absolute Gasteiger partial charge is 0.335 e. The minimum Gasteiger partial charge on any atom is -0.335 e. The van der Waals surface area contributed by atoms with Crippen LogP contribution >= 0.6 is 0 Å². The number of benzene rings is 1. The zero-order valence-electron chi connectivity index (χ0n) is 8.79. The quantitative estimate of drug-likeness (QED) is 0.728. The number of anilines is 1. The first-order valence-corrected chi connectivity index (χ1v) is 5.25. The first kappa shape index (κ1) is 10.9. The molecule has 16 heavy (non-hydrogen) atoms. The fourth-order valence-electron chi connectivity index (χ4n) is 1.39. The van der Waals surface area contributed by atoms with E-state index in [1.165, 1.54) is 12.1 Å². The molecule has 0 spiro atoms. The number of urea groups is 1. The van der Waals surface area contributed by atoms with Crippen molar-refractivity contribution in [3.8, 4) is 0 Å². The summed E-state index contributed by atoms with van der Waals surface area (Å²) in [4.78, 5) is 11.4. The maximum Gasteiger partial charge on any atom is 0.319 e. The van der Waals surface area contributed by atoms with Crippen LogP contribution in [-0.4, -0.2) is 12.1 Å². The minimum atomic E-state index is -0.351. The molecule has 4 nitrogen and oxygen atoms in total. The molecular weight excluding hydrogens is 209 g/mol. The topological polar surface area (TPSA) is 67.1 Å². The number of hydrogen-bond acceptors (Lipinski definition) is 2. The highest BCUT2D eigenvalue weighted by atomic mass is 19.1. The van der Waals surface area contributed by atoms with Gasteiger partial charge in [0.2, 0.25) is 0 Å². The highest BCUT2D eigenvalue weighted by Crippen LogP contribution is 2.19. The predicted octanol–water partition coefficient (Wildman–Crippen LogP) is 1.57. The van der Waals surface area contributed by atoms with Crippen LogP contribution in [0.5, 0.6) is 0 Å². The van der Waals surface area contributed by atoms with Crippen molar-refractivity contribution in [3.05, 3.63) is 29.6 Å². The Morgan fingerprint density at radius 1 is 1.50 bits per heavy atom. The van der Waals surface area contributed by atoms with E-state index in [1.807, 2.05) is 0 Å². The summed E-state index contributed by atoms with van der Waals surface area (Å²) in [6.45, 7) is 0.117. The molecule has 86 valence electrons. The predicted molar refractivity (Wildman–Crippen MR) is 59.5 cm³/mol. The fraction of sp³-hybridized carbons (Fsp3) is 0.364. The van der Waals surface area contributed by atoms with Gasteiger partial charge < -0.3 is 16.4 Å². The average molecular weight is 223 g/mol. The molecule has 2 rings (SSSR count). The summed E-state index contributed by atoms with van der Waals surface area (Å²) >= 11 is 0. The molecule has 1 aliphatic carbocycles. The van der Waals surface area contributed by atoms with Gasteiger partial charge in [-0.2, -0.15) is 0 Å². The van der Waals surface area contributed by atoms with E-state index in [-0.39, 0.29) is 18.4 Å². The van der Waals surface area contributed by atoms with E-state index in [0.717, 1.165) is 12.8 Å². The second kappa shape index (κ2) is 4.49. The van der Waals surface area contributed by atoms with Gasteiger partial charge in [0.1, 0.15) is 5.82 Å². The number of halogens is 1. The number of nitrogens with two attached hydrogens (primary N) is 1. The molecule has 0 bridgehead atoms. The summed E-state index contributed by atoms with van der Waals surface area (Å²) < 4.78 is 13.1. The molecular formula is C11H14FN3O. The van der Waals surface area contributed by atoms with Crippen molar-refractivity contribution in [2.75, 3.05) is 5.32 Å². The smallest absolute Gasteiger partial charge is 0.319 e. The van der Waals surface area contributed by atoms with Crippen LogP contribution in [0, 0.1) is 5.82 Å². The Kier molecular flexibility index (Phi) is 3.05. The maximum atomic E-state index is 13.1. The van der Waals surface area contributed by atoms with Gasteiger partial charge in [-0.3, -0.25) is 0 Å². The maximum absolute atomic E-state index is 13.1. The molecule has 0 atom stereocenters. The second-order valence-corrected chi connectivity index (χ2v) is 3.88. The van der Waals surface area contributed by atoms with Gasteiger partial charge in [-0.15, -0.1) is 0 Å². The van der Waals surface area contributed by atoms with Crippen LogP contribution in [0.15, 0.2) is 18.2 Å². The highest BCUT2D eigenvalue weighted by molar-refractivity contribution is 5.89. The number of carbonyl (C=O) groups is 1. The van der Waals surface area contributed by atoms with Crippen LogP contribution in [0.3, 0.4) is 0 Å². The monoisotopic (exact) mass is 223 g/mol. The van der Waals surface area contributed by atoms with Crippen molar-refractivity contribution in [1.82, 2.24) is 5.32 Å². The molecule has 0 heterocycles. The lowest BCUT2D eigenvalue weighted by Crippen LogP contribution is -2.30. The van der Waals surface area contributed by atoms with E-state index in [2.05, 4.69) is 10.6 Å². The fourth-order valence-corrected chi connectivity index (χ4v) is 1.39. The zero-order chi connectivity index (χ0) is 11.5. The lowest BCUT2D eigenvalue weighted by atomic mass is 10.2. The van der Waals surface area contributed by atoms with Gasteiger partial charge in [0.05, 0.1) is 0 Å². The number of hydrogen-bond donors (Lipinski definition) is 3. The Morgan fingerprint density at radius 2 is 2.25 bits per heavy atom. The van der Waals surface area contributed by atoms with Crippen LogP contribution in [0.1, 0.15) is 18.4 Å². The summed E-state index contributed by atoms with van der Waals surface area (Å²) in [6, 6.07) is 4.41. The Bertz CT molecular complexity index is 404. The number of amides is 2. The molecule has 4 N–H and O–H groups in total. The van der Waals surface area contributed by atoms with E-state index in [0.29, 0.717) is 17.3 Å². The molecule has 1 aromatic rings. The third-order valence-corrected chi connectivity index (χ3v) is 2.44. The molecule has 1 fully saturated rings. The SMILES string of the molecule is NCc1cc(NC(=O)NC2CC2)ccc1F. The van der Waals surface area contributed by atoms with Crippen molar-refractivity contribution in [2.24, 2.45) is 5.73 Å². The molecule has 2 amide bonds. The van der Waals surface area contributed by atoms with Crippen molar-refractivity contribution in [1.29, 1.82) is 0 Å². The molecule has 0 aliphatic heterocycles. The van der Waals surface area contributed by atoms with Gasteiger partial charge in [-0.25, -0.2) is 9.18 Å². The Balaban J connectivity index is 1.99. The molecule has 1 aromatic carbocycles. The zero-order valence-corrected chi connectivity index (χ0v) is 8.79. The third kappa shape index (κ3) is 2.70. The van der Waals surface area contributed by atoms with Crippen LogP contribution in [0.25, 0.3) is 0 Å². The third-order valence-electron chi connectivity index (χ3n) is 2.44.